The van der Waals surface area contributed by atoms with Crippen molar-refractivity contribution in [3.8, 4) is 0 Å². The fourth-order valence-electron chi connectivity index (χ4n) is 2.46. The van der Waals surface area contributed by atoms with Crippen molar-refractivity contribution >= 4 is 11.8 Å². The Kier molecular flexibility index (Phi) is 10.5. The van der Waals surface area contributed by atoms with Gasteiger partial charge in [0.1, 0.15) is 13.2 Å². The number of aliphatic hydroxyl groups is 2. The Morgan fingerprint density at radius 1 is 1.00 bits per heavy atom. The van der Waals surface area contributed by atoms with Crippen LogP contribution in [0.2, 0.25) is 0 Å². The molecule has 1 atom stereocenters. The van der Waals surface area contributed by atoms with E-state index in [1.165, 1.54) is 19.3 Å². The minimum atomic E-state index is -0.438. The lowest BCUT2D eigenvalue weighted by Crippen LogP contribution is -2.41. The van der Waals surface area contributed by atoms with E-state index in [1.54, 1.807) is 0 Å². The van der Waals surface area contributed by atoms with Crippen LogP contribution < -0.4 is 10.6 Å². The first-order valence-electron chi connectivity index (χ1n) is 8.24. The molecule has 23 heavy (non-hydrogen) atoms. The largest absolute Gasteiger partial charge is 0.387 e. The SMILES string of the molecule is O=C(CO)NCC1CCCO1.O=C(CO)NCN1CCCCC1. The number of aliphatic hydroxyl groups excluding tert-OH is 2. The third-order valence-corrected chi connectivity index (χ3v) is 3.79. The van der Waals surface area contributed by atoms with Crippen LogP contribution in [0, 0.1) is 0 Å². The van der Waals surface area contributed by atoms with Crippen molar-refractivity contribution in [3.05, 3.63) is 0 Å². The summed E-state index contributed by atoms with van der Waals surface area (Å²) < 4.78 is 5.25. The van der Waals surface area contributed by atoms with Gasteiger partial charge in [0, 0.05) is 13.2 Å². The molecule has 8 heteroatoms. The average molecular weight is 331 g/mol. The van der Waals surface area contributed by atoms with Gasteiger partial charge in [-0.2, -0.15) is 0 Å². The number of carbonyl (C=O) groups is 2. The zero-order valence-corrected chi connectivity index (χ0v) is 13.6. The highest BCUT2D eigenvalue weighted by molar-refractivity contribution is 5.77. The summed E-state index contributed by atoms with van der Waals surface area (Å²) in [6.07, 6.45) is 5.96. The quantitative estimate of drug-likeness (QED) is 0.487. The first-order chi connectivity index (χ1) is 11.2. The number of likely N-dealkylation sites (tertiary alicyclic amines) is 1. The molecule has 0 aromatic rings. The Morgan fingerprint density at radius 3 is 2.22 bits per heavy atom. The highest BCUT2D eigenvalue weighted by Crippen LogP contribution is 2.10. The lowest BCUT2D eigenvalue weighted by Gasteiger charge is -2.26. The summed E-state index contributed by atoms with van der Waals surface area (Å²) in [5, 5.41) is 22.0. The molecule has 0 aromatic heterocycles. The zero-order valence-electron chi connectivity index (χ0n) is 13.6. The smallest absolute Gasteiger partial charge is 0.246 e. The molecule has 2 fully saturated rings. The number of nitrogens with zero attached hydrogens (tertiary/aromatic N) is 1. The van der Waals surface area contributed by atoms with Crippen molar-refractivity contribution in [2.24, 2.45) is 0 Å². The van der Waals surface area contributed by atoms with E-state index >= 15 is 0 Å². The number of piperidine rings is 1. The second-order valence-corrected chi connectivity index (χ2v) is 5.69. The van der Waals surface area contributed by atoms with Crippen molar-refractivity contribution < 1.29 is 24.5 Å². The minimum Gasteiger partial charge on any atom is -0.387 e. The molecule has 2 rings (SSSR count). The molecule has 4 N–H and O–H groups in total. The van der Waals surface area contributed by atoms with Gasteiger partial charge >= 0.3 is 0 Å². The maximum absolute atomic E-state index is 10.7. The molecule has 0 aliphatic carbocycles. The second kappa shape index (κ2) is 12.2. The van der Waals surface area contributed by atoms with Gasteiger partial charge in [0.25, 0.3) is 0 Å². The van der Waals surface area contributed by atoms with Gasteiger partial charge in [-0.3, -0.25) is 14.5 Å². The average Bonchev–Trinajstić information content (AvgIpc) is 3.12. The van der Waals surface area contributed by atoms with E-state index in [4.69, 9.17) is 14.9 Å². The van der Waals surface area contributed by atoms with Crippen LogP contribution >= 0.6 is 0 Å². The third-order valence-electron chi connectivity index (χ3n) is 3.79. The van der Waals surface area contributed by atoms with Crippen LogP contribution in [0.5, 0.6) is 0 Å². The molecular formula is C15H29N3O5. The van der Waals surface area contributed by atoms with Crippen LogP contribution in [-0.2, 0) is 14.3 Å². The number of nitrogens with one attached hydrogen (secondary N) is 2. The highest BCUT2D eigenvalue weighted by Gasteiger charge is 2.15. The summed E-state index contributed by atoms with van der Waals surface area (Å²) in [7, 11) is 0. The van der Waals surface area contributed by atoms with Crippen molar-refractivity contribution in [3.63, 3.8) is 0 Å². The zero-order chi connectivity index (χ0) is 16.9. The van der Waals surface area contributed by atoms with Gasteiger partial charge in [0.2, 0.25) is 11.8 Å². The van der Waals surface area contributed by atoms with Crippen molar-refractivity contribution in [2.75, 3.05) is 46.1 Å². The predicted molar refractivity (Wildman–Crippen MR) is 84.6 cm³/mol. The van der Waals surface area contributed by atoms with Gasteiger partial charge in [-0.25, -0.2) is 0 Å². The number of hydrogen-bond acceptors (Lipinski definition) is 6. The summed E-state index contributed by atoms with van der Waals surface area (Å²) >= 11 is 0. The predicted octanol–water partition coefficient (Wildman–Crippen LogP) is -1.19. The highest BCUT2D eigenvalue weighted by atomic mass is 16.5. The van der Waals surface area contributed by atoms with E-state index in [-0.39, 0.29) is 17.9 Å². The van der Waals surface area contributed by atoms with Crippen LogP contribution in [0.3, 0.4) is 0 Å². The topological polar surface area (TPSA) is 111 Å². The first-order valence-corrected chi connectivity index (χ1v) is 8.24. The Balaban J connectivity index is 0.000000231. The molecule has 2 aliphatic heterocycles. The molecule has 2 amide bonds. The Morgan fingerprint density at radius 2 is 1.65 bits per heavy atom. The van der Waals surface area contributed by atoms with Crippen LogP contribution in [0.4, 0.5) is 0 Å². The van der Waals surface area contributed by atoms with Crippen molar-refractivity contribution in [1.29, 1.82) is 0 Å². The van der Waals surface area contributed by atoms with Crippen LogP contribution in [0.15, 0.2) is 0 Å². The summed E-state index contributed by atoms with van der Waals surface area (Å²) in [5.41, 5.74) is 0. The summed E-state index contributed by atoms with van der Waals surface area (Å²) in [6, 6.07) is 0. The second-order valence-electron chi connectivity index (χ2n) is 5.69. The molecule has 0 spiro atoms. The lowest BCUT2D eigenvalue weighted by molar-refractivity contribution is -0.125. The Bertz CT molecular complexity index is 342. The Hall–Kier alpha value is -1.22. The molecule has 2 heterocycles. The fourth-order valence-corrected chi connectivity index (χ4v) is 2.46. The standard InChI is InChI=1S/C8H16N2O2.C7H13NO3/c11-6-8(12)9-7-10-4-2-1-3-5-10;9-5-7(10)8-4-6-2-1-3-11-6/h11H,1-7H2,(H,9,12);6,9H,1-5H2,(H,8,10). The molecule has 0 bridgehead atoms. The molecule has 0 saturated carbocycles. The minimum absolute atomic E-state index is 0.158. The van der Waals surface area contributed by atoms with E-state index in [1.807, 2.05) is 0 Å². The number of amides is 2. The van der Waals surface area contributed by atoms with Gasteiger partial charge in [0.15, 0.2) is 0 Å². The molecule has 2 aliphatic rings. The molecule has 0 aromatic carbocycles. The Labute approximate surface area is 137 Å². The van der Waals surface area contributed by atoms with Gasteiger partial charge in [-0.15, -0.1) is 0 Å². The molecule has 1 unspecified atom stereocenters. The number of rotatable bonds is 6. The van der Waals surface area contributed by atoms with Gasteiger partial charge < -0.3 is 25.6 Å². The normalized spacial score (nSPS) is 21.2. The van der Waals surface area contributed by atoms with Gasteiger partial charge in [0.05, 0.1) is 12.8 Å². The maximum Gasteiger partial charge on any atom is 0.246 e. The lowest BCUT2D eigenvalue weighted by atomic mass is 10.1. The van der Waals surface area contributed by atoms with Crippen LogP contribution in [0.25, 0.3) is 0 Å². The van der Waals surface area contributed by atoms with Crippen LogP contribution in [-0.4, -0.2) is 79.2 Å². The summed E-state index contributed by atoms with van der Waals surface area (Å²) in [6.45, 7) is 3.18. The molecule has 2 saturated heterocycles. The monoisotopic (exact) mass is 331 g/mol. The van der Waals surface area contributed by atoms with E-state index in [0.29, 0.717) is 13.2 Å². The first kappa shape index (κ1) is 19.8. The number of hydrogen-bond donors (Lipinski definition) is 4. The van der Waals surface area contributed by atoms with Crippen molar-refractivity contribution in [2.45, 2.75) is 38.2 Å². The molecular weight excluding hydrogens is 302 g/mol. The van der Waals surface area contributed by atoms with E-state index in [0.717, 1.165) is 32.5 Å². The van der Waals surface area contributed by atoms with Gasteiger partial charge in [-0.05, 0) is 38.8 Å². The third kappa shape index (κ3) is 9.50. The summed E-state index contributed by atoms with van der Waals surface area (Å²) in [5.74, 6) is -0.624. The molecule has 134 valence electrons. The van der Waals surface area contributed by atoms with E-state index < -0.39 is 13.2 Å². The van der Waals surface area contributed by atoms with Crippen molar-refractivity contribution in [1.82, 2.24) is 15.5 Å². The maximum atomic E-state index is 10.7. The fraction of sp³-hybridized carbons (Fsp3) is 0.867. The van der Waals surface area contributed by atoms with E-state index in [9.17, 15) is 9.59 Å². The summed E-state index contributed by atoms with van der Waals surface area (Å²) in [4.78, 5) is 23.4. The molecule has 8 nitrogen and oxygen atoms in total. The van der Waals surface area contributed by atoms with Gasteiger partial charge in [-0.1, -0.05) is 6.42 Å². The number of carbonyl (C=O) groups excluding carboxylic acids is 2. The van der Waals surface area contributed by atoms with Crippen LogP contribution in [0.1, 0.15) is 32.1 Å². The number of ether oxygens (including phenoxy) is 1. The van der Waals surface area contributed by atoms with E-state index in [2.05, 4.69) is 15.5 Å². The molecule has 0 radical (unpaired) electrons.